The molecule has 0 aliphatic carbocycles. The lowest BCUT2D eigenvalue weighted by Gasteiger charge is -2.25. The van der Waals surface area contributed by atoms with Crippen LogP contribution in [-0.4, -0.2) is 39.6 Å². The van der Waals surface area contributed by atoms with E-state index in [0.717, 1.165) is 6.07 Å². The molecule has 0 saturated heterocycles. The van der Waals surface area contributed by atoms with E-state index in [1.54, 1.807) is 42.5 Å². The summed E-state index contributed by atoms with van der Waals surface area (Å²) < 4.78 is 78.1. The predicted octanol–water partition coefficient (Wildman–Crippen LogP) is 4.99. The molecule has 0 fully saturated rings. The van der Waals surface area contributed by atoms with E-state index in [2.05, 4.69) is 15.8 Å². The van der Waals surface area contributed by atoms with E-state index < -0.39 is 39.9 Å². The molecular formula is C29H24ClF3N4O6S. The summed E-state index contributed by atoms with van der Waals surface area (Å²) in [7, 11) is -4.52. The zero-order valence-electron chi connectivity index (χ0n) is 22.6. The Labute approximate surface area is 255 Å². The zero-order valence-corrected chi connectivity index (χ0v) is 24.2. The van der Waals surface area contributed by atoms with Crippen molar-refractivity contribution in [1.82, 2.24) is 10.7 Å². The standard InChI is InChI=1S/C29H24ClF3N4O6S/c30-25-13-10-21(29(31,32)33)15-26(25)37(44(40,41)24-6-2-1-3-7-24)18-27(38)36-35-16-20-8-11-22(12-9-20)43-19-28(39)34-17-23-5-4-14-42-23/h1-16H,17-19H2,(H,34,39)(H,36,38)/b35-16-. The van der Waals surface area contributed by atoms with Crippen LogP contribution in [0.4, 0.5) is 18.9 Å². The molecule has 0 unspecified atom stereocenters. The molecule has 1 heterocycles. The molecule has 0 atom stereocenters. The molecular weight excluding hydrogens is 625 g/mol. The van der Waals surface area contributed by atoms with Crippen molar-refractivity contribution in [3.63, 3.8) is 0 Å². The smallest absolute Gasteiger partial charge is 0.416 e. The van der Waals surface area contributed by atoms with Crippen LogP contribution < -0.4 is 19.8 Å². The first-order valence-electron chi connectivity index (χ1n) is 12.7. The van der Waals surface area contributed by atoms with Gasteiger partial charge in [0, 0.05) is 0 Å². The van der Waals surface area contributed by atoms with Gasteiger partial charge in [-0.05, 0) is 72.3 Å². The van der Waals surface area contributed by atoms with Crippen molar-refractivity contribution in [2.45, 2.75) is 17.6 Å². The van der Waals surface area contributed by atoms with Gasteiger partial charge < -0.3 is 14.5 Å². The van der Waals surface area contributed by atoms with Gasteiger partial charge in [-0.15, -0.1) is 0 Å². The fourth-order valence-electron chi connectivity index (χ4n) is 3.69. The highest BCUT2D eigenvalue weighted by Crippen LogP contribution is 2.37. The molecule has 4 rings (SSSR count). The van der Waals surface area contributed by atoms with Gasteiger partial charge in [0.25, 0.3) is 21.8 Å². The van der Waals surface area contributed by atoms with E-state index in [9.17, 15) is 31.2 Å². The number of halogens is 4. The summed E-state index contributed by atoms with van der Waals surface area (Å²) in [5.74, 6) is -0.322. The molecule has 0 aliphatic heterocycles. The van der Waals surface area contributed by atoms with Crippen LogP contribution in [0, 0.1) is 0 Å². The summed E-state index contributed by atoms with van der Waals surface area (Å²) in [5.41, 5.74) is 0.995. The maximum Gasteiger partial charge on any atom is 0.416 e. The second-order valence-electron chi connectivity index (χ2n) is 9.00. The van der Waals surface area contributed by atoms with Crippen molar-refractivity contribution in [3.05, 3.63) is 113 Å². The van der Waals surface area contributed by atoms with Gasteiger partial charge in [0.1, 0.15) is 18.1 Å². The van der Waals surface area contributed by atoms with Crippen LogP contribution in [0.2, 0.25) is 5.02 Å². The van der Waals surface area contributed by atoms with E-state index in [1.807, 2.05) is 0 Å². The number of hydrogen-bond acceptors (Lipinski definition) is 7. The number of nitrogens with zero attached hydrogens (tertiary/aromatic N) is 2. The Morgan fingerprint density at radius 1 is 0.977 bits per heavy atom. The average Bonchev–Trinajstić information content (AvgIpc) is 3.52. The van der Waals surface area contributed by atoms with Gasteiger partial charge in [0.2, 0.25) is 0 Å². The fraction of sp³-hybridized carbons (Fsp3) is 0.138. The van der Waals surface area contributed by atoms with E-state index >= 15 is 0 Å². The van der Waals surface area contributed by atoms with Gasteiger partial charge in [0.05, 0.1) is 40.2 Å². The number of benzene rings is 3. The van der Waals surface area contributed by atoms with Gasteiger partial charge in [-0.3, -0.25) is 13.9 Å². The number of ether oxygens (including phenoxy) is 1. The molecule has 15 heteroatoms. The van der Waals surface area contributed by atoms with E-state index in [0.29, 0.717) is 33.5 Å². The van der Waals surface area contributed by atoms with E-state index in [1.165, 1.54) is 36.7 Å². The summed E-state index contributed by atoms with van der Waals surface area (Å²) in [6.45, 7) is -0.938. The van der Waals surface area contributed by atoms with Crippen molar-refractivity contribution < 1.29 is 40.3 Å². The highest BCUT2D eigenvalue weighted by molar-refractivity contribution is 7.92. The van der Waals surface area contributed by atoms with Crippen LogP contribution in [0.3, 0.4) is 0 Å². The maximum atomic E-state index is 13.4. The average molecular weight is 649 g/mol. The quantitative estimate of drug-likeness (QED) is 0.164. The Kier molecular flexibility index (Phi) is 10.3. The molecule has 3 aromatic carbocycles. The van der Waals surface area contributed by atoms with Gasteiger partial charge in [-0.2, -0.15) is 18.3 Å². The van der Waals surface area contributed by atoms with Crippen LogP contribution in [-0.2, 0) is 32.3 Å². The molecule has 0 saturated carbocycles. The summed E-state index contributed by atoms with van der Waals surface area (Å²) in [6.07, 6.45) is -2.04. The topological polar surface area (TPSA) is 130 Å². The highest BCUT2D eigenvalue weighted by Gasteiger charge is 2.34. The van der Waals surface area contributed by atoms with Gasteiger partial charge >= 0.3 is 6.18 Å². The third-order valence-corrected chi connectivity index (χ3v) is 7.95. The van der Waals surface area contributed by atoms with Crippen LogP contribution in [0.5, 0.6) is 5.75 Å². The molecule has 0 aliphatic rings. The van der Waals surface area contributed by atoms with Gasteiger partial charge in [0.15, 0.2) is 6.61 Å². The fourth-order valence-corrected chi connectivity index (χ4v) is 5.42. The molecule has 10 nitrogen and oxygen atoms in total. The molecule has 0 radical (unpaired) electrons. The Hall–Kier alpha value is -4.82. The molecule has 44 heavy (non-hydrogen) atoms. The Balaban J connectivity index is 1.40. The summed E-state index contributed by atoms with van der Waals surface area (Å²) in [5, 5.41) is 6.13. The second-order valence-corrected chi connectivity index (χ2v) is 11.3. The molecule has 1 aromatic heterocycles. The van der Waals surface area contributed by atoms with Gasteiger partial charge in [-0.1, -0.05) is 29.8 Å². The minimum absolute atomic E-state index is 0.221. The van der Waals surface area contributed by atoms with Gasteiger partial charge in [-0.25, -0.2) is 13.8 Å². The minimum Gasteiger partial charge on any atom is -0.484 e. The Morgan fingerprint density at radius 2 is 1.70 bits per heavy atom. The van der Waals surface area contributed by atoms with Crippen molar-refractivity contribution in [2.75, 3.05) is 17.5 Å². The number of nitrogens with one attached hydrogen (secondary N) is 2. The summed E-state index contributed by atoms with van der Waals surface area (Å²) in [6, 6.07) is 18.8. The number of carbonyl (C=O) groups excluding carboxylic acids is 2. The first-order valence-corrected chi connectivity index (χ1v) is 14.5. The number of rotatable bonds is 12. The van der Waals surface area contributed by atoms with E-state index in [-0.39, 0.29) is 29.0 Å². The number of furan rings is 1. The monoisotopic (exact) mass is 648 g/mol. The Morgan fingerprint density at radius 3 is 2.36 bits per heavy atom. The van der Waals surface area contributed by atoms with Crippen molar-refractivity contribution >= 4 is 45.3 Å². The normalized spacial score (nSPS) is 11.7. The largest absolute Gasteiger partial charge is 0.484 e. The van der Waals surface area contributed by atoms with Crippen LogP contribution >= 0.6 is 11.6 Å². The number of hydrogen-bond donors (Lipinski definition) is 2. The first kappa shape index (κ1) is 32.1. The molecule has 2 N–H and O–H groups in total. The molecule has 0 spiro atoms. The van der Waals surface area contributed by atoms with Crippen molar-refractivity contribution in [1.29, 1.82) is 0 Å². The summed E-state index contributed by atoms with van der Waals surface area (Å²) >= 11 is 6.12. The maximum absolute atomic E-state index is 13.4. The number of alkyl halides is 3. The zero-order chi connectivity index (χ0) is 31.7. The number of anilines is 1. The van der Waals surface area contributed by atoms with Crippen LogP contribution in [0.25, 0.3) is 0 Å². The Bertz CT molecular complexity index is 1720. The van der Waals surface area contributed by atoms with E-state index in [4.69, 9.17) is 20.8 Å². The molecule has 2 amide bonds. The minimum atomic E-state index is -4.79. The lowest BCUT2D eigenvalue weighted by atomic mass is 10.2. The lowest BCUT2D eigenvalue weighted by Crippen LogP contribution is -2.40. The van der Waals surface area contributed by atoms with Crippen molar-refractivity contribution in [3.8, 4) is 5.75 Å². The lowest BCUT2D eigenvalue weighted by molar-refractivity contribution is -0.137. The number of hydrazone groups is 1. The predicted molar refractivity (Wildman–Crippen MR) is 156 cm³/mol. The van der Waals surface area contributed by atoms with Crippen LogP contribution in [0.1, 0.15) is 16.9 Å². The number of carbonyl (C=O) groups is 2. The molecule has 4 aromatic rings. The van der Waals surface area contributed by atoms with Crippen molar-refractivity contribution in [2.24, 2.45) is 5.10 Å². The molecule has 0 bridgehead atoms. The third-order valence-electron chi connectivity index (χ3n) is 5.85. The SMILES string of the molecule is O=C(COc1ccc(/C=N\NC(=O)CN(c2cc(C(F)(F)F)ccc2Cl)S(=O)(=O)c2ccccc2)cc1)NCc1ccco1. The van der Waals surface area contributed by atoms with Crippen LogP contribution in [0.15, 0.2) is 106 Å². The number of sulfonamides is 1. The number of amides is 2. The third kappa shape index (κ3) is 8.61. The second kappa shape index (κ2) is 14.1. The summed E-state index contributed by atoms with van der Waals surface area (Å²) in [4.78, 5) is 24.4. The molecule has 230 valence electrons. The highest BCUT2D eigenvalue weighted by atomic mass is 35.5. The first-order chi connectivity index (χ1) is 20.9.